The highest BCUT2D eigenvalue weighted by molar-refractivity contribution is 5.96. The molecule has 0 saturated carbocycles. The van der Waals surface area contributed by atoms with Gasteiger partial charge in [0.2, 0.25) is 12.2 Å². The van der Waals surface area contributed by atoms with Crippen LogP contribution >= 0.6 is 0 Å². The lowest BCUT2D eigenvalue weighted by Crippen LogP contribution is -2.60. The molecule has 1 fully saturated rings. The van der Waals surface area contributed by atoms with E-state index in [9.17, 15) is 14.4 Å². The fourth-order valence-corrected chi connectivity index (χ4v) is 3.68. The number of piperazine rings is 1. The van der Waals surface area contributed by atoms with E-state index in [0.717, 1.165) is 0 Å². The Labute approximate surface area is 187 Å². The Kier molecular flexibility index (Phi) is 7.49. The van der Waals surface area contributed by atoms with Crippen LogP contribution in [0.25, 0.3) is 0 Å². The number of hydrogen-bond donors (Lipinski definition) is 2. The van der Waals surface area contributed by atoms with E-state index in [1.54, 1.807) is 24.1 Å². The van der Waals surface area contributed by atoms with Crippen molar-refractivity contribution in [2.45, 2.75) is 19.9 Å². The lowest BCUT2D eigenvalue weighted by molar-refractivity contribution is 0.120. The minimum absolute atomic E-state index is 0.0867. The molecule has 32 heavy (non-hydrogen) atoms. The topological polar surface area (TPSA) is 93.0 Å². The molecule has 1 aliphatic heterocycles. The second-order valence-electron chi connectivity index (χ2n) is 7.75. The number of para-hydroxylation sites is 2. The van der Waals surface area contributed by atoms with Gasteiger partial charge in [-0.1, -0.05) is 32.0 Å². The van der Waals surface area contributed by atoms with Gasteiger partial charge in [0.1, 0.15) is 11.6 Å². The van der Waals surface area contributed by atoms with Crippen molar-refractivity contribution in [3.05, 3.63) is 54.3 Å². The van der Waals surface area contributed by atoms with Crippen LogP contribution < -0.4 is 15.4 Å². The van der Waals surface area contributed by atoms with E-state index < -0.39 is 5.82 Å². The van der Waals surface area contributed by atoms with Crippen molar-refractivity contribution in [1.82, 2.24) is 9.80 Å². The van der Waals surface area contributed by atoms with Gasteiger partial charge in [0.15, 0.2) is 0 Å². The first kappa shape index (κ1) is 22.9. The standard InChI is InChI=1S/C23H27FN6O2/c1-16(2)20-14-29(23(31)27-18-8-6-7-17(24)13-18)11-12-30(20)22(26-15-25)28-19-9-4-5-10-21(19)32-3/h4-10,13,16,20H,11-12,14H2,1-3H3,(H,26,28)(H,27,31). The van der Waals surface area contributed by atoms with Crippen molar-refractivity contribution in [1.29, 1.82) is 5.26 Å². The van der Waals surface area contributed by atoms with Gasteiger partial charge < -0.3 is 25.2 Å². The number of rotatable bonds is 4. The fourth-order valence-electron chi connectivity index (χ4n) is 3.68. The lowest BCUT2D eigenvalue weighted by Gasteiger charge is -2.44. The van der Waals surface area contributed by atoms with Crippen LogP contribution in [0.1, 0.15) is 13.8 Å². The van der Waals surface area contributed by atoms with Crippen LogP contribution in [-0.2, 0) is 0 Å². The maximum absolute atomic E-state index is 13.4. The van der Waals surface area contributed by atoms with Gasteiger partial charge in [-0.3, -0.25) is 0 Å². The number of guanidine groups is 1. The molecule has 2 amide bonds. The number of nitriles is 1. The van der Waals surface area contributed by atoms with Gasteiger partial charge in [-0.15, -0.1) is 4.99 Å². The molecule has 2 aromatic carbocycles. The molecule has 1 atom stereocenters. The number of nitrogens with one attached hydrogen (secondary N) is 2. The fraction of sp³-hybridized carbons (Fsp3) is 0.348. The number of hydrogen-bond acceptors (Lipinski definition) is 4. The monoisotopic (exact) mass is 438 g/mol. The minimum Gasteiger partial charge on any atom is -0.495 e. The summed E-state index contributed by atoms with van der Waals surface area (Å²) in [6.45, 7) is 5.43. The summed E-state index contributed by atoms with van der Waals surface area (Å²) in [5.41, 5.74) is 1.10. The SMILES string of the molecule is COc1ccccc1N/C(=N\C#N)N1CCN(C(=O)Nc2cccc(F)c2)CC1C(C)C. The van der Waals surface area contributed by atoms with Crippen LogP contribution in [-0.4, -0.2) is 54.6 Å². The molecule has 9 heteroatoms. The molecule has 1 saturated heterocycles. The number of aliphatic imine (C=N–C) groups is 1. The number of anilines is 2. The van der Waals surface area contributed by atoms with Crippen LogP contribution in [0.15, 0.2) is 53.5 Å². The first-order valence-corrected chi connectivity index (χ1v) is 10.4. The number of amides is 2. The average Bonchev–Trinajstić information content (AvgIpc) is 2.78. The molecular weight excluding hydrogens is 411 g/mol. The third kappa shape index (κ3) is 5.46. The summed E-state index contributed by atoms with van der Waals surface area (Å²) in [4.78, 5) is 20.5. The Morgan fingerprint density at radius 1 is 1.22 bits per heavy atom. The van der Waals surface area contributed by atoms with E-state index in [2.05, 4.69) is 29.5 Å². The first-order valence-electron chi connectivity index (χ1n) is 10.4. The summed E-state index contributed by atoms with van der Waals surface area (Å²) >= 11 is 0. The Morgan fingerprint density at radius 3 is 2.69 bits per heavy atom. The zero-order valence-corrected chi connectivity index (χ0v) is 18.4. The van der Waals surface area contributed by atoms with Gasteiger partial charge in [0, 0.05) is 25.3 Å². The zero-order valence-electron chi connectivity index (χ0n) is 18.4. The number of ether oxygens (including phenoxy) is 1. The molecular formula is C23H27FN6O2. The van der Waals surface area contributed by atoms with Crippen molar-refractivity contribution in [3.8, 4) is 11.9 Å². The molecule has 0 bridgehead atoms. The van der Waals surface area contributed by atoms with Crippen molar-refractivity contribution in [2.24, 2.45) is 10.9 Å². The number of carbonyl (C=O) groups excluding carboxylic acids is 1. The van der Waals surface area contributed by atoms with Crippen LogP contribution in [0.5, 0.6) is 5.75 Å². The van der Waals surface area contributed by atoms with Crippen molar-refractivity contribution >= 4 is 23.4 Å². The number of urea groups is 1. The summed E-state index contributed by atoms with van der Waals surface area (Å²) in [5.74, 6) is 0.795. The Bertz CT molecular complexity index is 1020. The number of benzene rings is 2. The van der Waals surface area contributed by atoms with Crippen LogP contribution in [0, 0.1) is 23.2 Å². The van der Waals surface area contributed by atoms with E-state index in [1.807, 2.05) is 35.4 Å². The highest BCUT2D eigenvalue weighted by Crippen LogP contribution is 2.25. The van der Waals surface area contributed by atoms with Gasteiger partial charge in [0.25, 0.3) is 0 Å². The predicted octanol–water partition coefficient (Wildman–Crippen LogP) is 3.96. The number of halogens is 1. The van der Waals surface area contributed by atoms with Gasteiger partial charge in [0.05, 0.1) is 18.8 Å². The molecule has 0 spiro atoms. The zero-order chi connectivity index (χ0) is 23.1. The van der Waals surface area contributed by atoms with Crippen molar-refractivity contribution in [3.63, 3.8) is 0 Å². The summed E-state index contributed by atoms with van der Waals surface area (Å²) in [7, 11) is 1.58. The summed E-state index contributed by atoms with van der Waals surface area (Å²) < 4.78 is 18.8. The van der Waals surface area contributed by atoms with Crippen LogP contribution in [0.2, 0.25) is 0 Å². The number of methoxy groups -OCH3 is 1. The Morgan fingerprint density at radius 2 is 2.00 bits per heavy atom. The van der Waals surface area contributed by atoms with Gasteiger partial charge in [-0.05, 0) is 36.2 Å². The molecule has 0 aromatic heterocycles. The second kappa shape index (κ2) is 10.5. The highest BCUT2D eigenvalue weighted by atomic mass is 19.1. The van der Waals surface area contributed by atoms with E-state index in [0.29, 0.717) is 42.7 Å². The molecule has 1 heterocycles. The normalized spacial score (nSPS) is 16.5. The summed E-state index contributed by atoms with van der Waals surface area (Å²) in [5, 5.41) is 15.2. The largest absolute Gasteiger partial charge is 0.495 e. The Hall–Kier alpha value is -3.80. The van der Waals surface area contributed by atoms with Gasteiger partial charge in [-0.2, -0.15) is 5.26 Å². The molecule has 8 nitrogen and oxygen atoms in total. The quantitative estimate of drug-likeness (QED) is 0.428. The molecule has 2 N–H and O–H groups in total. The summed E-state index contributed by atoms with van der Waals surface area (Å²) in [6, 6.07) is 12.8. The van der Waals surface area contributed by atoms with Crippen LogP contribution in [0.4, 0.5) is 20.6 Å². The molecule has 0 aliphatic carbocycles. The maximum atomic E-state index is 13.4. The Balaban J connectivity index is 1.76. The van der Waals surface area contributed by atoms with E-state index in [1.165, 1.54) is 12.1 Å². The maximum Gasteiger partial charge on any atom is 0.321 e. The molecule has 0 radical (unpaired) electrons. The van der Waals surface area contributed by atoms with Crippen molar-refractivity contribution < 1.29 is 13.9 Å². The smallest absolute Gasteiger partial charge is 0.321 e. The van der Waals surface area contributed by atoms with Gasteiger partial charge in [-0.25, -0.2) is 9.18 Å². The summed E-state index contributed by atoms with van der Waals surface area (Å²) in [6.07, 6.45) is 1.87. The van der Waals surface area contributed by atoms with Gasteiger partial charge >= 0.3 is 6.03 Å². The second-order valence-corrected chi connectivity index (χ2v) is 7.75. The number of nitrogens with zero attached hydrogens (tertiary/aromatic N) is 4. The molecule has 168 valence electrons. The number of carbonyl (C=O) groups is 1. The van der Waals surface area contributed by atoms with E-state index in [-0.39, 0.29) is 18.0 Å². The molecule has 2 aromatic rings. The minimum atomic E-state index is -0.410. The highest BCUT2D eigenvalue weighted by Gasteiger charge is 2.34. The predicted molar refractivity (Wildman–Crippen MR) is 122 cm³/mol. The third-order valence-corrected chi connectivity index (χ3v) is 5.33. The third-order valence-electron chi connectivity index (χ3n) is 5.33. The van der Waals surface area contributed by atoms with Crippen molar-refractivity contribution in [2.75, 3.05) is 37.4 Å². The lowest BCUT2D eigenvalue weighted by atomic mass is 10.00. The van der Waals surface area contributed by atoms with E-state index in [4.69, 9.17) is 4.74 Å². The van der Waals surface area contributed by atoms with E-state index >= 15 is 0 Å². The molecule has 1 aliphatic rings. The first-order chi connectivity index (χ1) is 15.4. The van der Waals surface area contributed by atoms with Crippen LogP contribution in [0.3, 0.4) is 0 Å². The molecule has 1 unspecified atom stereocenters. The molecule has 3 rings (SSSR count). The average molecular weight is 439 g/mol.